The van der Waals surface area contributed by atoms with E-state index in [0.717, 1.165) is 38.5 Å². The third-order valence-corrected chi connectivity index (χ3v) is 18.6. The fourth-order valence-corrected chi connectivity index (χ4v) is 12.6. The number of nitrogens with zero attached hydrogens (tertiary/aromatic N) is 1. The molecule has 1 amide bonds. The second-order valence-corrected chi connectivity index (χ2v) is 28.5. The van der Waals surface area contributed by atoms with Gasteiger partial charge in [0.15, 0.2) is 0 Å². The van der Waals surface area contributed by atoms with Crippen molar-refractivity contribution in [2.45, 2.75) is 418 Å². The molecule has 0 aromatic heterocycles. The standard InChI is InChI=1S/C72H147N2O6P/c1-6-8-10-12-14-16-18-20-22-24-26-27-28-29-30-31-32-33-34-35-36-37-38-39-40-41-42-43-44-45-46-47-48-50-52-54-56-58-60-62-64-66-72(76)73-70(69-80-81(77,78)79-68-67-74(3,4)5)71(75)65-63-61-59-57-55-53-51-49-25-23-21-19-17-15-13-11-9-7-2/h70-71,75H,6-69H2,1-5H3,(H-,73,76,77,78)/p+1. The van der Waals surface area contributed by atoms with Crippen LogP contribution in [0.1, 0.15) is 406 Å². The Hall–Kier alpha value is -0.500. The quantitative estimate of drug-likeness (QED) is 0.0318. The first-order valence-electron chi connectivity index (χ1n) is 36.9. The maximum absolute atomic E-state index is 13.1. The molecule has 0 rings (SSSR count). The number of hydrogen-bond donors (Lipinski definition) is 3. The molecule has 3 N–H and O–H groups in total. The minimum Gasteiger partial charge on any atom is -0.391 e. The summed E-state index contributed by atoms with van der Waals surface area (Å²) in [5.74, 6) is -0.133. The summed E-state index contributed by atoms with van der Waals surface area (Å²) in [6.45, 7) is 4.96. The Kier molecular flexibility index (Phi) is 63.6. The lowest BCUT2D eigenvalue weighted by Crippen LogP contribution is -2.46. The highest BCUT2D eigenvalue weighted by atomic mass is 31.2. The number of quaternary nitrogens is 1. The van der Waals surface area contributed by atoms with Crippen LogP contribution in [0.3, 0.4) is 0 Å². The minimum atomic E-state index is -4.32. The van der Waals surface area contributed by atoms with E-state index in [4.69, 9.17) is 9.05 Å². The highest BCUT2D eigenvalue weighted by Crippen LogP contribution is 2.43. The van der Waals surface area contributed by atoms with Gasteiger partial charge < -0.3 is 19.8 Å². The van der Waals surface area contributed by atoms with Crippen molar-refractivity contribution in [2.24, 2.45) is 0 Å². The molecule has 0 heterocycles. The van der Waals surface area contributed by atoms with Crippen LogP contribution in [0.4, 0.5) is 0 Å². The zero-order valence-corrected chi connectivity index (χ0v) is 56.7. The van der Waals surface area contributed by atoms with Crippen LogP contribution < -0.4 is 5.32 Å². The highest BCUT2D eigenvalue weighted by Gasteiger charge is 2.28. The van der Waals surface area contributed by atoms with E-state index in [0.29, 0.717) is 23.9 Å². The van der Waals surface area contributed by atoms with Crippen molar-refractivity contribution in [3.8, 4) is 0 Å². The minimum absolute atomic E-state index is 0.0793. The van der Waals surface area contributed by atoms with E-state index in [-0.39, 0.29) is 19.1 Å². The van der Waals surface area contributed by atoms with Crippen molar-refractivity contribution >= 4 is 13.7 Å². The first kappa shape index (κ1) is 80.5. The summed E-state index contributed by atoms with van der Waals surface area (Å²) in [5.41, 5.74) is 0. The zero-order valence-electron chi connectivity index (χ0n) is 55.8. The van der Waals surface area contributed by atoms with Crippen molar-refractivity contribution < 1.29 is 32.9 Å². The van der Waals surface area contributed by atoms with E-state index >= 15 is 0 Å². The number of phosphoric ester groups is 1. The van der Waals surface area contributed by atoms with Crippen LogP contribution in [0.2, 0.25) is 0 Å². The Bertz CT molecular complexity index is 1280. The van der Waals surface area contributed by atoms with Crippen LogP contribution in [0.25, 0.3) is 0 Å². The number of likely N-dealkylation sites (N-methyl/N-ethyl adjacent to an activating group) is 1. The van der Waals surface area contributed by atoms with Crippen LogP contribution in [-0.4, -0.2) is 73.4 Å². The first-order chi connectivity index (χ1) is 39.5. The molecule has 0 fully saturated rings. The number of nitrogens with one attached hydrogen (secondary N) is 1. The van der Waals surface area contributed by atoms with Gasteiger partial charge in [0.1, 0.15) is 13.2 Å². The van der Waals surface area contributed by atoms with Crippen LogP contribution in [0, 0.1) is 0 Å². The molecule has 0 bridgehead atoms. The summed E-state index contributed by atoms with van der Waals surface area (Å²) in [6, 6.07) is -0.756. The molecule has 0 aromatic rings. The molecular formula is C72H148N2O6P+. The number of unbranched alkanes of at least 4 members (excludes halogenated alkanes) is 57. The largest absolute Gasteiger partial charge is 0.472 e. The van der Waals surface area contributed by atoms with E-state index in [1.54, 1.807) is 0 Å². The maximum Gasteiger partial charge on any atom is 0.472 e. The smallest absolute Gasteiger partial charge is 0.391 e. The molecule has 0 spiro atoms. The predicted molar refractivity (Wildman–Crippen MR) is 356 cm³/mol. The van der Waals surface area contributed by atoms with Gasteiger partial charge in [-0.1, -0.05) is 386 Å². The Morgan fingerprint density at radius 1 is 0.370 bits per heavy atom. The molecule has 3 unspecified atom stereocenters. The SMILES string of the molecule is CCCCCCCCCCCCCCCCCCCCCCCCCCCCCCCCCCCCCCCCCCCC(=O)NC(COP(=O)(O)OCC[N+](C)(C)C)C(O)CCCCCCCCCCCCCCCCCCCC. The van der Waals surface area contributed by atoms with Crippen molar-refractivity contribution in [3.05, 3.63) is 0 Å². The summed E-state index contributed by atoms with van der Waals surface area (Å²) >= 11 is 0. The Morgan fingerprint density at radius 2 is 0.593 bits per heavy atom. The van der Waals surface area contributed by atoms with E-state index in [1.807, 2.05) is 21.1 Å². The van der Waals surface area contributed by atoms with Crippen molar-refractivity contribution in [2.75, 3.05) is 40.9 Å². The molecule has 81 heavy (non-hydrogen) atoms. The number of aliphatic hydroxyl groups excluding tert-OH is 1. The van der Waals surface area contributed by atoms with Gasteiger partial charge in [-0.2, -0.15) is 0 Å². The van der Waals surface area contributed by atoms with E-state index in [2.05, 4.69) is 19.2 Å². The summed E-state index contributed by atoms with van der Waals surface area (Å²) in [5, 5.41) is 14.1. The monoisotopic (exact) mass is 1170 g/mol. The van der Waals surface area contributed by atoms with Gasteiger partial charge in [-0.15, -0.1) is 0 Å². The van der Waals surface area contributed by atoms with Gasteiger partial charge in [-0.05, 0) is 12.8 Å². The number of carbonyl (C=O) groups is 1. The average molecular weight is 1170 g/mol. The second kappa shape index (κ2) is 64.0. The molecule has 8 nitrogen and oxygen atoms in total. The van der Waals surface area contributed by atoms with Crippen LogP contribution >= 0.6 is 7.82 Å². The molecule has 0 saturated carbocycles. The summed E-state index contributed by atoms with van der Waals surface area (Å²) in [7, 11) is 1.64. The molecule has 0 aromatic carbocycles. The van der Waals surface area contributed by atoms with E-state index in [9.17, 15) is 19.4 Å². The molecular weight excluding hydrogens is 1020 g/mol. The molecule has 3 atom stereocenters. The summed E-state index contributed by atoms with van der Waals surface area (Å²) in [6.07, 6.45) is 81.0. The fourth-order valence-electron chi connectivity index (χ4n) is 11.9. The van der Waals surface area contributed by atoms with Crippen molar-refractivity contribution in [3.63, 3.8) is 0 Å². The average Bonchev–Trinajstić information content (AvgIpc) is 3.43. The Morgan fingerprint density at radius 3 is 0.827 bits per heavy atom. The first-order valence-corrected chi connectivity index (χ1v) is 38.4. The van der Waals surface area contributed by atoms with Gasteiger partial charge >= 0.3 is 7.82 Å². The molecule has 486 valence electrons. The van der Waals surface area contributed by atoms with E-state index in [1.165, 1.54) is 340 Å². The third kappa shape index (κ3) is 66.9. The van der Waals surface area contributed by atoms with Crippen LogP contribution in [0.5, 0.6) is 0 Å². The molecule has 0 radical (unpaired) electrons. The number of aliphatic hydroxyl groups is 1. The van der Waals surface area contributed by atoms with Gasteiger partial charge in [-0.25, -0.2) is 4.57 Å². The summed E-state index contributed by atoms with van der Waals surface area (Å²) < 4.78 is 23.9. The molecule has 0 aliphatic rings. The van der Waals surface area contributed by atoms with Gasteiger partial charge in [0.2, 0.25) is 5.91 Å². The molecule has 0 saturated heterocycles. The number of hydrogen-bond acceptors (Lipinski definition) is 5. The lowest BCUT2D eigenvalue weighted by Gasteiger charge is -2.26. The predicted octanol–water partition coefficient (Wildman–Crippen LogP) is 23.5. The van der Waals surface area contributed by atoms with Crippen molar-refractivity contribution in [1.29, 1.82) is 0 Å². The zero-order chi connectivity index (χ0) is 59.1. The number of phosphoric acid groups is 1. The molecule has 0 aliphatic heterocycles. The Labute approximate surface area is 508 Å². The second-order valence-electron chi connectivity index (χ2n) is 27.0. The normalized spacial score (nSPS) is 13.5. The Balaban J connectivity index is 3.81. The lowest BCUT2D eigenvalue weighted by atomic mass is 10.0. The van der Waals surface area contributed by atoms with Gasteiger partial charge in [0.25, 0.3) is 0 Å². The van der Waals surface area contributed by atoms with Gasteiger partial charge in [0, 0.05) is 6.42 Å². The van der Waals surface area contributed by atoms with Gasteiger partial charge in [-0.3, -0.25) is 13.8 Å². The highest BCUT2D eigenvalue weighted by molar-refractivity contribution is 7.47. The van der Waals surface area contributed by atoms with Crippen molar-refractivity contribution in [1.82, 2.24) is 5.32 Å². The number of carbonyl (C=O) groups excluding carboxylic acids is 1. The fraction of sp³-hybridized carbons (Fsp3) is 0.986. The van der Waals surface area contributed by atoms with Crippen LogP contribution in [0.15, 0.2) is 0 Å². The lowest BCUT2D eigenvalue weighted by molar-refractivity contribution is -0.870. The maximum atomic E-state index is 13.1. The molecule has 0 aliphatic carbocycles. The topological polar surface area (TPSA) is 105 Å². The van der Waals surface area contributed by atoms with Gasteiger partial charge in [0.05, 0.1) is 39.9 Å². The number of amides is 1. The van der Waals surface area contributed by atoms with E-state index < -0.39 is 20.0 Å². The number of rotatable bonds is 70. The third-order valence-electron chi connectivity index (χ3n) is 17.6. The van der Waals surface area contributed by atoms with Crippen LogP contribution in [-0.2, 0) is 18.4 Å². The molecule has 9 heteroatoms. The summed E-state index contributed by atoms with van der Waals surface area (Å²) in [4.78, 5) is 23.4.